The molecule has 0 aliphatic carbocycles. The van der Waals surface area contributed by atoms with Crippen molar-refractivity contribution in [1.82, 2.24) is 0 Å². The lowest BCUT2D eigenvalue weighted by atomic mass is 10.2. The average molecular weight is 152 g/mol. The fourth-order valence-electron chi connectivity index (χ4n) is 0.706. The Bertz CT molecular complexity index is 148. The Hall–Kier alpha value is -0.740. The third-order valence-electron chi connectivity index (χ3n) is 1.31. The number of hydrogen-bond donors (Lipinski definition) is 1. The summed E-state index contributed by atoms with van der Waals surface area (Å²) in [5, 5.41) is 8.35. The molecule has 0 aromatic carbocycles. The topological polar surface area (TPSA) is 20.2 Å². The molecule has 1 nitrogen and oxygen atoms in total. The second kappa shape index (κ2) is 9.26. The molecule has 0 atom stereocenters. The summed E-state index contributed by atoms with van der Waals surface area (Å²) in [6, 6.07) is 0. The Morgan fingerprint density at radius 3 is 2.82 bits per heavy atom. The van der Waals surface area contributed by atoms with Gasteiger partial charge < -0.3 is 5.11 Å². The van der Waals surface area contributed by atoms with Gasteiger partial charge in [0.15, 0.2) is 0 Å². The number of aliphatic hydroxyl groups excluding tert-OH is 1. The summed E-state index contributed by atoms with van der Waals surface area (Å²) in [4.78, 5) is 0. The predicted molar refractivity (Wildman–Crippen MR) is 48.1 cm³/mol. The molecule has 62 valence electrons. The first-order valence-corrected chi connectivity index (χ1v) is 4.16. The molecule has 0 heterocycles. The highest BCUT2D eigenvalue weighted by molar-refractivity contribution is 5.14. The molecule has 0 aliphatic rings. The Balaban J connectivity index is 3.19. The monoisotopic (exact) mass is 152 g/mol. The van der Waals surface area contributed by atoms with Gasteiger partial charge in [-0.2, -0.15) is 0 Å². The molecular formula is C10H16O. The Morgan fingerprint density at radius 2 is 2.18 bits per heavy atom. The van der Waals surface area contributed by atoms with E-state index in [-0.39, 0.29) is 6.61 Å². The van der Waals surface area contributed by atoms with Crippen LogP contribution in [0.4, 0.5) is 0 Å². The van der Waals surface area contributed by atoms with Crippen molar-refractivity contribution >= 4 is 0 Å². The Kier molecular flexibility index (Phi) is 8.64. The molecule has 1 heteroatoms. The van der Waals surface area contributed by atoms with Crippen molar-refractivity contribution in [2.24, 2.45) is 0 Å². The predicted octanol–water partition coefficient (Wildman–Crippen LogP) is 2.12. The fourth-order valence-corrected chi connectivity index (χ4v) is 0.706. The summed E-state index contributed by atoms with van der Waals surface area (Å²) in [6.45, 7) is 2.27. The van der Waals surface area contributed by atoms with Gasteiger partial charge in [0.05, 0.1) is 6.61 Å². The van der Waals surface area contributed by atoms with Gasteiger partial charge in [-0.1, -0.05) is 37.7 Å². The van der Waals surface area contributed by atoms with Crippen LogP contribution in [-0.2, 0) is 0 Å². The molecule has 0 radical (unpaired) electrons. The van der Waals surface area contributed by atoms with E-state index >= 15 is 0 Å². The van der Waals surface area contributed by atoms with Gasteiger partial charge >= 0.3 is 0 Å². The zero-order chi connectivity index (χ0) is 8.36. The van der Waals surface area contributed by atoms with E-state index in [1.54, 1.807) is 12.2 Å². The highest BCUT2D eigenvalue weighted by Gasteiger charge is 1.79. The number of aliphatic hydroxyl groups is 1. The first-order valence-electron chi connectivity index (χ1n) is 4.16. The molecule has 0 fully saturated rings. The van der Waals surface area contributed by atoms with Crippen LogP contribution in [-0.4, -0.2) is 11.7 Å². The largest absolute Gasteiger partial charge is 0.392 e. The molecule has 0 bridgehead atoms. The summed E-state index contributed by atoms with van der Waals surface area (Å²) in [7, 11) is 0. The minimum atomic E-state index is 0.0869. The van der Waals surface area contributed by atoms with E-state index in [0.717, 1.165) is 6.42 Å². The van der Waals surface area contributed by atoms with Crippen LogP contribution in [0.1, 0.15) is 32.6 Å². The average Bonchev–Trinajstić information content (AvgIpc) is 2.03. The molecule has 0 aliphatic heterocycles. The number of rotatable bonds is 4. The molecule has 0 unspecified atom stereocenters. The molecular weight excluding hydrogens is 136 g/mol. The molecule has 0 spiro atoms. The van der Waals surface area contributed by atoms with E-state index < -0.39 is 0 Å². The van der Waals surface area contributed by atoms with Crippen LogP contribution in [0.2, 0.25) is 0 Å². The van der Waals surface area contributed by atoms with Crippen LogP contribution in [0.25, 0.3) is 0 Å². The van der Waals surface area contributed by atoms with Gasteiger partial charge in [0, 0.05) is 6.42 Å². The van der Waals surface area contributed by atoms with E-state index in [4.69, 9.17) is 5.11 Å². The minimum Gasteiger partial charge on any atom is -0.392 e. The van der Waals surface area contributed by atoms with Crippen molar-refractivity contribution in [3.05, 3.63) is 12.2 Å². The highest BCUT2D eigenvalue weighted by Crippen LogP contribution is 1.96. The van der Waals surface area contributed by atoms with E-state index in [0.29, 0.717) is 0 Å². The van der Waals surface area contributed by atoms with Gasteiger partial charge in [0.1, 0.15) is 0 Å². The van der Waals surface area contributed by atoms with Crippen LogP contribution < -0.4 is 0 Å². The van der Waals surface area contributed by atoms with Crippen LogP contribution in [0, 0.1) is 11.8 Å². The van der Waals surface area contributed by atoms with E-state index in [1.807, 2.05) is 0 Å². The van der Waals surface area contributed by atoms with E-state index in [2.05, 4.69) is 18.8 Å². The second-order valence-electron chi connectivity index (χ2n) is 2.36. The second-order valence-corrected chi connectivity index (χ2v) is 2.36. The normalized spacial score (nSPS) is 9.64. The Morgan fingerprint density at radius 1 is 1.36 bits per heavy atom. The van der Waals surface area contributed by atoms with Crippen LogP contribution in [0.5, 0.6) is 0 Å². The summed E-state index contributed by atoms with van der Waals surface area (Å²) in [5.74, 6) is 5.86. The molecule has 0 saturated heterocycles. The van der Waals surface area contributed by atoms with Gasteiger partial charge in [-0.3, -0.25) is 0 Å². The van der Waals surface area contributed by atoms with Crippen molar-refractivity contribution in [1.29, 1.82) is 0 Å². The number of unbranched alkanes of at least 4 members (excludes halogenated alkanes) is 3. The summed E-state index contributed by atoms with van der Waals surface area (Å²) >= 11 is 0. The number of hydrogen-bond acceptors (Lipinski definition) is 1. The maximum atomic E-state index is 8.35. The maximum Gasteiger partial charge on any atom is 0.0621 e. The molecule has 0 saturated carbocycles. The van der Waals surface area contributed by atoms with Gasteiger partial charge in [-0.15, -0.1) is 0 Å². The summed E-state index contributed by atoms with van der Waals surface area (Å²) in [5.41, 5.74) is 0. The van der Waals surface area contributed by atoms with Gasteiger partial charge in [0.25, 0.3) is 0 Å². The molecule has 0 aromatic rings. The van der Waals surface area contributed by atoms with Crippen molar-refractivity contribution in [3.8, 4) is 11.8 Å². The summed E-state index contributed by atoms with van der Waals surface area (Å²) in [6.07, 6.45) is 8.02. The van der Waals surface area contributed by atoms with Crippen molar-refractivity contribution < 1.29 is 5.11 Å². The first kappa shape index (κ1) is 10.3. The third-order valence-corrected chi connectivity index (χ3v) is 1.31. The lowest BCUT2D eigenvalue weighted by Gasteiger charge is -1.87. The smallest absolute Gasteiger partial charge is 0.0621 e. The molecule has 0 aromatic heterocycles. The molecule has 1 N–H and O–H groups in total. The minimum absolute atomic E-state index is 0.0869. The molecule has 0 rings (SSSR count). The first-order chi connectivity index (χ1) is 5.41. The maximum absolute atomic E-state index is 8.35. The molecule has 11 heavy (non-hydrogen) atoms. The standard InChI is InChI=1S/C10H16O/c1-2-3-4-5-6-7-8-9-10-11/h8-9,11H,2-5,10H2,1H3/b9-8+. The lowest BCUT2D eigenvalue weighted by Crippen LogP contribution is -1.71. The lowest BCUT2D eigenvalue weighted by molar-refractivity contribution is 0.343. The Labute approximate surface area is 69.1 Å². The zero-order valence-corrected chi connectivity index (χ0v) is 7.14. The van der Waals surface area contributed by atoms with E-state index in [9.17, 15) is 0 Å². The highest BCUT2D eigenvalue weighted by atomic mass is 16.2. The van der Waals surface area contributed by atoms with Crippen molar-refractivity contribution in [2.75, 3.05) is 6.61 Å². The van der Waals surface area contributed by atoms with E-state index in [1.165, 1.54) is 19.3 Å². The van der Waals surface area contributed by atoms with Crippen LogP contribution in [0.15, 0.2) is 12.2 Å². The summed E-state index contributed by atoms with van der Waals surface area (Å²) < 4.78 is 0. The van der Waals surface area contributed by atoms with Gasteiger partial charge in [-0.05, 0) is 12.5 Å². The quantitative estimate of drug-likeness (QED) is 0.483. The van der Waals surface area contributed by atoms with Gasteiger partial charge in [-0.25, -0.2) is 0 Å². The SMILES string of the molecule is CCCCCC#C/C=C/CO. The zero-order valence-electron chi connectivity index (χ0n) is 7.14. The van der Waals surface area contributed by atoms with Gasteiger partial charge in [0.2, 0.25) is 0 Å². The molecule has 0 amide bonds. The van der Waals surface area contributed by atoms with Crippen LogP contribution >= 0.6 is 0 Å². The fraction of sp³-hybridized carbons (Fsp3) is 0.600. The van der Waals surface area contributed by atoms with Crippen molar-refractivity contribution in [3.63, 3.8) is 0 Å². The van der Waals surface area contributed by atoms with Crippen LogP contribution in [0.3, 0.4) is 0 Å². The number of allylic oxidation sites excluding steroid dienone is 1. The third kappa shape index (κ3) is 9.26. The van der Waals surface area contributed by atoms with Crippen molar-refractivity contribution in [2.45, 2.75) is 32.6 Å².